The Kier molecular flexibility index (Phi) is 5.01. The number of nitrogens with zero attached hydrogens (tertiary/aromatic N) is 2. The Balaban J connectivity index is 1.95. The van der Waals surface area contributed by atoms with E-state index in [0.29, 0.717) is 12.0 Å². The van der Waals surface area contributed by atoms with Gasteiger partial charge in [-0.25, -0.2) is 4.79 Å². The molecule has 0 aromatic carbocycles. The predicted molar refractivity (Wildman–Crippen MR) is 89.1 cm³/mol. The van der Waals surface area contributed by atoms with Crippen LogP contribution in [-0.4, -0.2) is 51.8 Å². The minimum Gasteiger partial charge on any atom is -0.456 e. The fourth-order valence-corrected chi connectivity index (χ4v) is 2.67. The molecule has 1 aliphatic rings. The van der Waals surface area contributed by atoms with E-state index in [2.05, 4.69) is 5.32 Å². The average Bonchev–Trinajstić information content (AvgIpc) is 2.95. The number of Topliss-reactive ketones (excluding diaryl/α,β-unsaturated/α-hetero) is 1. The summed E-state index contributed by atoms with van der Waals surface area (Å²) in [7, 11) is 1.84. The number of amides is 3. The van der Waals surface area contributed by atoms with Crippen LogP contribution in [-0.2, 0) is 21.4 Å². The van der Waals surface area contributed by atoms with Crippen molar-refractivity contribution >= 4 is 23.7 Å². The van der Waals surface area contributed by atoms with E-state index in [1.807, 2.05) is 18.5 Å². The number of urea groups is 1. The number of aryl methyl sites for hydroxylation is 1. The summed E-state index contributed by atoms with van der Waals surface area (Å²) in [6, 6.07) is 1.10. The maximum absolute atomic E-state index is 12.2. The van der Waals surface area contributed by atoms with Crippen LogP contribution in [0.15, 0.2) is 6.07 Å². The third-order valence-electron chi connectivity index (χ3n) is 4.78. The zero-order chi connectivity index (χ0) is 18.9. The van der Waals surface area contributed by atoms with Crippen LogP contribution in [0, 0.1) is 13.8 Å². The number of imide groups is 1. The molecule has 25 heavy (non-hydrogen) atoms. The van der Waals surface area contributed by atoms with Crippen molar-refractivity contribution in [2.45, 2.75) is 39.7 Å². The zero-order valence-electron chi connectivity index (χ0n) is 15.1. The lowest BCUT2D eigenvalue weighted by Gasteiger charge is -2.18. The number of nitrogens with one attached hydrogen (secondary N) is 1. The van der Waals surface area contributed by atoms with E-state index in [9.17, 15) is 19.2 Å². The fraction of sp³-hybridized carbons (Fsp3) is 0.529. The molecule has 1 aromatic rings. The molecule has 8 nitrogen and oxygen atoms in total. The van der Waals surface area contributed by atoms with Gasteiger partial charge in [-0.05, 0) is 33.3 Å². The minimum absolute atomic E-state index is 0.329. The number of carbonyl (C=O) groups excluding carboxylic acids is 4. The number of esters is 1. The van der Waals surface area contributed by atoms with Gasteiger partial charge < -0.3 is 14.6 Å². The predicted octanol–water partition coefficient (Wildman–Crippen LogP) is 1.09. The first-order valence-corrected chi connectivity index (χ1v) is 8.06. The molecular weight excluding hydrogens is 326 g/mol. The van der Waals surface area contributed by atoms with Crippen molar-refractivity contribution in [3.05, 3.63) is 23.0 Å². The highest BCUT2D eigenvalue weighted by Gasteiger charge is 2.47. The molecule has 1 saturated heterocycles. The molecule has 0 bridgehead atoms. The van der Waals surface area contributed by atoms with E-state index < -0.39 is 36.6 Å². The van der Waals surface area contributed by atoms with Crippen LogP contribution in [0.3, 0.4) is 0 Å². The summed E-state index contributed by atoms with van der Waals surface area (Å²) in [6.45, 7) is 6.10. The normalized spacial score (nSPS) is 20.0. The Morgan fingerprint density at radius 2 is 1.92 bits per heavy atom. The second-order valence-electron chi connectivity index (χ2n) is 6.43. The van der Waals surface area contributed by atoms with Crippen molar-refractivity contribution in [3.8, 4) is 0 Å². The molecule has 136 valence electrons. The lowest BCUT2D eigenvalue weighted by Crippen LogP contribution is -2.43. The standard InChI is InChI=1S/C17H23N3O5/c1-6-17(4)15(23)20(16(24)18-17)8-14(22)25-9-13(21)12-7-10(2)19(5)11(12)3/h7H,6,8-9H2,1-5H3,(H,18,24)/t17-/m0/s1. The molecule has 1 fully saturated rings. The van der Waals surface area contributed by atoms with Crippen LogP contribution in [0.1, 0.15) is 42.0 Å². The quantitative estimate of drug-likeness (QED) is 0.471. The molecule has 8 heteroatoms. The van der Waals surface area contributed by atoms with Gasteiger partial charge in [0.25, 0.3) is 5.91 Å². The maximum Gasteiger partial charge on any atom is 0.326 e. The first kappa shape index (κ1) is 18.7. The highest BCUT2D eigenvalue weighted by atomic mass is 16.5. The molecule has 0 radical (unpaired) electrons. The number of ketones is 1. The number of aromatic nitrogens is 1. The van der Waals surface area contributed by atoms with Crippen LogP contribution >= 0.6 is 0 Å². The smallest absolute Gasteiger partial charge is 0.326 e. The van der Waals surface area contributed by atoms with Gasteiger partial charge in [-0.1, -0.05) is 6.92 Å². The summed E-state index contributed by atoms with van der Waals surface area (Å²) in [5, 5.41) is 2.55. The van der Waals surface area contributed by atoms with E-state index in [1.54, 1.807) is 26.8 Å². The Morgan fingerprint density at radius 1 is 1.28 bits per heavy atom. The Hall–Kier alpha value is -2.64. The molecule has 0 saturated carbocycles. The summed E-state index contributed by atoms with van der Waals surface area (Å²) in [5.74, 6) is -1.61. The van der Waals surface area contributed by atoms with E-state index >= 15 is 0 Å². The number of hydrogen-bond donors (Lipinski definition) is 1. The molecule has 1 atom stereocenters. The van der Waals surface area contributed by atoms with Gasteiger partial charge in [0.15, 0.2) is 6.61 Å². The van der Waals surface area contributed by atoms with Crippen molar-refractivity contribution in [1.29, 1.82) is 0 Å². The number of rotatable bonds is 6. The second-order valence-corrected chi connectivity index (χ2v) is 6.43. The fourth-order valence-electron chi connectivity index (χ4n) is 2.67. The topological polar surface area (TPSA) is 97.7 Å². The highest BCUT2D eigenvalue weighted by molar-refractivity contribution is 6.08. The van der Waals surface area contributed by atoms with Gasteiger partial charge in [0.1, 0.15) is 12.1 Å². The molecule has 1 aliphatic heterocycles. The van der Waals surface area contributed by atoms with Gasteiger partial charge in [0.2, 0.25) is 5.78 Å². The molecule has 0 spiro atoms. The first-order valence-electron chi connectivity index (χ1n) is 8.06. The lowest BCUT2D eigenvalue weighted by atomic mass is 9.99. The van der Waals surface area contributed by atoms with Crippen LogP contribution in [0.4, 0.5) is 4.79 Å². The summed E-state index contributed by atoms with van der Waals surface area (Å²) in [4.78, 5) is 49.0. The van der Waals surface area contributed by atoms with Crippen molar-refractivity contribution in [3.63, 3.8) is 0 Å². The van der Waals surface area contributed by atoms with E-state index in [1.165, 1.54) is 0 Å². The van der Waals surface area contributed by atoms with Gasteiger partial charge in [0, 0.05) is 24.0 Å². The Bertz CT molecular complexity index is 752. The SMILES string of the molecule is CC[C@]1(C)NC(=O)N(CC(=O)OCC(=O)c2cc(C)n(C)c2C)C1=O. The van der Waals surface area contributed by atoms with Gasteiger partial charge in [-0.2, -0.15) is 0 Å². The molecule has 0 aliphatic carbocycles. The summed E-state index contributed by atoms with van der Waals surface area (Å²) < 4.78 is 6.82. The summed E-state index contributed by atoms with van der Waals surface area (Å²) in [6.07, 6.45) is 0.411. The van der Waals surface area contributed by atoms with Crippen LogP contribution in [0.25, 0.3) is 0 Å². The van der Waals surface area contributed by atoms with Gasteiger partial charge in [-0.15, -0.1) is 0 Å². The van der Waals surface area contributed by atoms with E-state index in [-0.39, 0.29) is 5.78 Å². The highest BCUT2D eigenvalue weighted by Crippen LogP contribution is 2.20. The zero-order valence-corrected chi connectivity index (χ0v) is 15.1. The Labute approximate surface area is 146 Å². The first-order chi connectivity index (χ1) is 11.6. The van der Waals surface area contributed by atoms with Crippen molar-refractivity contribution in [2.75, 3.05) is 13.2 Å². The van der Waals surface area contributed by atoms with Gasteiger partial charge in [0.05, 0.1) is 0 Å². The van der Waals surface area contributed by atoms with Crippen molar-refractivity contribution < 1.29 is 23.9 Å². The van der Waals surface area contributed by atoms with Crippen LogP contribution in [0.2, 0.25) is 0 Å². The van der Waals surface area contributed by atoms with Gasteiger partial charge in [-0.3, -0.25) is 19.3 Å². The second kappa shape index (κ2) is 6.70. The van der Waals surface area contributed by atoms with Crippen LogP contribution in [0.5, 0.6) is 0 Å². The third kappa shape index (κ3) is 3.42. The summed E-state index contributed by atoms with van der Waals surface area (Å²) in [5.41, 5.74) is 1.18. The average molecular weight is 349 g/mol. The molecule has 2 rings (SSSR count). The monoisotopic (exact) mass is 349 g/mol. The molecule has 0 unspecified atom stereocenters. The molecule has 3 amide bonds. The molecular formula is C17H23N3O5. The molecule has 2 heterocycles. The Morgan fingerprint density at radius 3 is 2.40 bits per heavy atom. The number of carbonyl (C=O) groups is 4. The van der Waals surface area contributed by atoms with E-state index in [4.69, 9.17) is 4.74 Å². The molecule has 1 aromatic heterocycles. The molecule has 1 N–H and O–H groups in total. The van der Waals surface area contributed by atoms with Crippen LogP contribution < -0.4 is 5.32 Å². The minimum atomic E-state index is -1.01. The number of hydrogen-bond acceptors (Lipinski definition) is 5. The van der Waals surface area contributed by atoms with Gasteiger partial charge >= 0.3 is 12.0 Å². The van der Waals surface area contributed by atoms with Crippen molar-refractivity contribution in [1.82, 2.24) is 14.8 Å². The third-order valence-corrected chi connectivity index (χ3v) is 4.78. The number of ether oxygens (including phenoxy) is 1. The van der Waals surface area contributed by atoms with Crippen molar-refractivity contribution in [2.24, 2.45) is 7.05 Å². The largest absolute Gasteiger partial charge is 0.456 e. The lowest BCUT2D eigenvalue weighted by molar-refractivity contribution is -0.146. The maximum atomic E-state index is 12.2. The van der Waals surface area contributed by atoms with E-state index in [0.717, 1.165) is 16.3 Å². The summed E-state index contributed by atoms with van der Waals surface area (Å²) >= 11 is 0.